The van der Waals surface area contributed by atoms with Crippen molar-refractivity contribution in [2.45, 2.75) is 38.2 Å². The van der Waals surface area contributed by atoms with Crippen molar-refractivity contribution >= 4 is 5.91 Å². The third kappa shape index (κ3) is 3.22. The fourth-order valence-corrected chi connectivity index (χ4v) is 4.73. The van der Waals surface area contributed by atoms with Crippen molar-refractivity contribution in [2.75, 3.05) is 40.3 Å². The van der Waals surface area contributed by atoms with Crippen molar-refractivity contribution in [3.05, 3.63) is 23.8 Å². The van der Waals surface area contributed by atoms with Crippen LogP contribution in [0.1, 0.15) is 42.5 Å². The van der Waals surface area contributed by atoms with Crippen LogP contribution in [0.15, 0.2) is 18.2 Å². The molecule has 0 N–H and O–H groups in total. The van der Waals surface area contributed by atoms with Crippen LogP contribution in [0.25, 0.3) is 0 Å². The van der Waals surface area contributed by atoms with E-state index in [-0.39, 0.29) is 12.0 Å². The Morgan fingerprint density at radius 1 is 1.16 bits per heavy atom. The Bertz CT molecular complexity index is 648. The van der Waals surface area contributed by atoms with Crippen molar-refractivity contribution in [2.24, 2.45) is 5.41 Å². The maximum Gasteiger partial charge on any atom is 0.254 e. The molecule has 25 heavy (non-hydrogen) atoms. The maximum atomic E-state index is 12.9. The number of rotatable bonds is 4. The summed E-state index contributed by atoms with van der Waals surface area (Å²) in [5.41, 5.74) is 1.03. The van der Waals surface area contributed by atoms with E-state index in [2.05, 4.69) is 11.9 Å². The smallest absolute Gasteiger partial charge is 0.254 e. The molecule has 1 amide bonds. The molecule has 0 radical (unpaired) electrons. The van der Waals surface area contributed by atoms with Crippen molar-refractivity contribution in [1.82, 2.24) is 9.80 Å². The Morgan fingerprint density at radius 2 is 1.92 bits per heavy atom. The highest BCUT2D eigenvalue weighted by Crippen LogP contribution is 2.39. The lowest BCUT2D eigenvalue weighted by molar-refractivity contribution is 0.0294. The van der Waals surface area contributed by atoms with E-state index in [1.165, 1.54) is 12.8 Å². The summed E-state index contributed by atoms with van der Waals surface area (Å²) in [5, 5.41) is 0. The molecule has 2 heterocycles. The number of benzene rings is 1. The van der Waals surface area contributed by atoms with Gasteiger partial charge in [0, 0.05) is 37.2 Å². The summed E-state index contributed by atoms with van der Waals surface area (Å²) in [4.78, 5) is 17.2. The van der Waals surface area contributed by atoms with E-state index in [1.807, 2.05) is 23.1 Å². The number of methoxy groups -OCH3 is 1. The van der Waals surface area contributed by atoms with Crippen LogP contribution >= 0.6 is 0 Å². The predicted molar refractivity (Wildman–Crippen MR) is 96.3 cm³/mol. The second-order valence-electron chi connectivity index (χ2n) is 8.04. The second kappa shape index (κ2) is 6.52. The van der Waals surface area contributed by atoms with Gasteiger partial charge in [0.2, 0.25) is 0 Å². The van der Waals surface area contributed by atoms with Crippen LogP contribution in [-0.2, 0) is 0 Å². The van der Waals surface area contributed by atoms with Gasteiger partial charge >= 0.3 is 0 Å². The van der Waals surface area contributed by atoms with Gasteiger partial charge in [-0.05, 0) is 57.4 Å². The van der Waals surface area contributed by atoms with Gasteiger partial charge in [-0.3, -0.25) is 4.79 Å². The second-order valence-corrected chi connectivity index (χ2v) is 8.04. The maximum absolute atomic E-state index is 12.9. The summed E-state index contributed by atoms with van der Waals surface area (Å²) in [7, 11) is 3.78. The van der Waals surface area contributed by atoms with Crippen LogP contribution in [-0.4, -0.2) is 62.1 Å². The Morgan fingerprint density at radius 3 is 2.60 bits per heavy atom. The van der Waals surface area contributed by atoms with Gasteiger partial charge in [0.25, 0.3) is 5.91 Å². The van der Waals surface area contributed by atoms with Crippen molar-refractivity contribution < 1.29 is 14.3 Å². The number of nitrogens with zero attached hydrogens (tertiary/aromatic N) is 2. The minimum atomic E-state index is 0.108. The van der Waals surface area contributed by atoms with Gasteiger partial charge in [0.15, 0.2) is 11.5 Å². The molecular weight excluding hydrogens is 316 g/mol. The third-order valence-corrected chi connectivity index (χ3v) is 5.94. The topological polar surface area (TPSA) is 42.0 Å². The predicted octanol–water partition coefficient (Wildman–Crippen LogP) is 2.79. The lowest BCUT2D eigenvalue weighted by Gasteiger charge is -2.46. The lowest BCUT2D eigenvalue weighted by atomic mass is 9.79. The van der Waals surface area contributed by atoms with Crippen LogP contribution in [0.2, 0.25) is 0 Å². The van der Waals surface area contributed by atoms with E-state index in [4.69, 9.17) is 9.47 Å². The molecule has 1 saturated carbocycles. The molecule has 1 aromatic carbocycles. The molecule has 1 spiro atoms. The summed E-state index contributed by atoms with van der Waals surface area (Å²) in [6.07, 6.45) is 6.07. The largest absolute Gasteiger partial charge is 0.493 e. The standard InChI is InChI=1S/C20H28N2O3/c1-21-12-20(13-21)9-10-22(14-20)19(23)15-7-8-17(18(11-15)24-2)25-16-5-3-4-6-16/h7-8,11,16H,3-6,9-10,12-14H2,1-2H3. The number of ether oxygens (including phenoxy) is 2. The number of carbonyl (C=O) groups is 1. The van der Waals surface area contributed by atoms with Gasteiger partial charge in [0.1, 0.15) is 0 Å². The normalized spacial score (nSPS) is 23.0. The molecule has 0 aromatic heterocycles. The Kier molecular flexibility index (Phi) is 4.36. The molecule has 136 valence electrons. The molecule has 3 fully saturated rings. The minimum Gasteiger partial charge on any atom is -0.493 e. The zero-order valence-corrected chi connectivity index (χ0v) is 15.3. The molecule has 2 aliphatic heterocycles. The molecule has 5 heteroatoms. The minimum absolute atomic E-state index is 0.108. The molecule has 4 rings (SSSR count). The van der Waals surface area contributed by atoms with Gasteiger partial charge in [-0.15, -0.1) is 0 Å². The average Bonchev–Trinajstić information content (AvgIpc) is 3.24. The van der Waals surface area contributed by atoms with Crippen molar-refractivity contribution in [1.29, 1.82) is 0 Å². The summed E-state index contributed by atoms with van der Waals surface area (Å²) in [6, 6.07) is 5.62. The van der Waals surface area contributed by atoms with E-state index in [0.717, 1.165) is 51.2 Å². The van der Waals surface area contributed by atoms with Crippen molar-refractivity contribution in [3.8, 4) is 11.5 Å². The van der Waals surface area contributed by atoms with Crippen molar-refractivity contribution in [3.63, 3.8) is 0 Å². The van der Waals surface area contributed by atoms with Gasteiger partial charge in [-0.25, -0.2) is 0 Å². The fourth-order valence-electron chi connectivity index (χ4n) is 4.73. The first kappa shape index (κ1) is 16.7. The first-order valence-electron chi connectivity index (χ1n) is 9.41. The summed E-state index contributed by atoms with van der Waals surface area (Å²) >= 11 is 0. The Hall–Kier alpha value is -1.75. The zero-order chi connectivity index (χ0) is 17.4. The van der Waals surface area contributed by atoms with E-state index in [1.54, 1.807) is 7.11 Å². The molecule has 1 aliphatic carbocycles. The first-order valence-corrected chi connectivity index (χ1v) is 9.41. The number of hydrogen-bond donors (Lipinski definition) is 0. The highest BCUT2D eigenvalue weighted by molar-refractivity contribution is 5.95. The summed E-state index contributed by atoms with van der Waals surface area (Å²) in [5.74, 6) is 1.52. The molecule has 3 aliphatic rings. The molecule has 1 aromatic rings. The lowest BCUT2D eigenvalue weighted by Crippen LogP contribution is -2.55. The Labute approximate surface area is 149 Å². The van der Waals surface area contributed by atoms with E-state index in [0.29, 0.717) is 16.7 Å². The number of carbonyl (C=O) groups excluding carboxylic acids is 1. The van der Waals surface area contributed by atoms with Gasteiger partial charge in [-0.1, -0.05) is 0 Å². The quantitative estimate of drug-likeness (QED) is 0.842. The highest BCUT2D eigenvalue weighted by atomic mass is 16.5. The molecule has 0 unspecified atom stereocenters. The monoisotopic (exact) mass is 344 g/mol. The van der Waals surface area contributed by atoms with E-state index in [9.17, 15) is 4.79 Å². The Balaban J connectivity index is 1.45. The molecule has 0 atom stereocenters. The molecule has 2 saturated heterocycles. The molecule has 0 bridgehead atoms. The van der Waals surface area contributed by atoms with E-state index >= 15 is 0 Å². The van der Waals surface area contributed by atoms with Crippen LogP contribution in [0.3, 0.4) is 0 Å². The van der Waals surface area contributed by atoms with Gasteiger partial charge in [0.05, 0.1) is 13.2 Å². The average molecular weight is 344 g/mol. The fraction of sp³-hybridized carbons (Fsp3) is 0.650. The van der Waals surface area contributed by atoms with Crippen LogP contribution < -0.4 is 9.47 Å². The summed E-state index contributed by atoms with van der Waals surface area (Å²) in [6.45, 7) is 3.94. The number of amides is 1. The van der Waals surface area contributed by atoms with Crippen LogP contribution in [0, 0.1) is 5.41 Å². The first-order chi connectivity index (χ1) is 12.1. The van der Waals surface area contributed by atoms with Crippen LogP contribution in [0.4, 0.5) is 0 Å². The molecule has 5 nitrogen and oxygen atoms in total. The summed E-state index contributed by atoms with van der Waals surface area (Å²) < 4.78 is 11.6. The SMILES string of the molecule is COc1cc(C(=O)N2CCC3(CN(C)C3)C2)ccc1OC1CCCC1. The van der Waals surface area contributed by atoms with Crippen LogP contribution in [0.5, 0.6) is 11.5 Å². The zero-order valence-electron chi connectivity index (χ0n) is 15.3. The highest BCUT2D eigenvalue weighted by Gasteiger charge is 2.47. The van der Waals surface area contributed by atoms with E-state index < -0.39 is 0 Å². The number of hydrogen-bond acceptors (Lipinski definition) is 4. The van der Waals surface area contributed by atoms with Gasteiger partial charge < -0.3 is 19.3 Å². The van der Waals surface area contributed by atoms with Gasteiger partial charge in [-0.2, -0.15) is 0 Å². The molecular formula is C20H28N2O3. The number of likely N-dealkylation sites (tertiary alicyclic amines) is 2. The third-order valence-electron chi connectivity index (χ3n) is 5.94.